The molecule has 2 aromatic rings. The number of nitrogens with zero attached hydrogens (tertiary/aromatic N) is 2. The molecular weight excluding hydrogens is 190 g/mol. The van der Waals surface area contributed by atoms with E-state index in [1.165, 1.54) is 0 Å². The van der Waals surface area contributed by atoms with Crippen molar-refractivity contribution < 1.29 is 4.74 Å². The van der Waals surface area contributed by atoms with E-state index in [1.807, 2.05) is 0 Å². The van der Waals surface area contributed by atoms with Crippen LogP contribution in [-0.2, 0) is 0 Å². The van der Waals surface area contributed by atoms with Crippen molar-refractivity contribution in [2.75, 3.05) is 12.8 Å². The number of nitrogens with two attached hydrogens (primary N) is 1. The van der Waals surface area contributed by atoms with Crippen molar-refractivity contribution in [2.45, 2.75) is 0 Å². The zero-order valence-electron chi connectivity index (χ0n) is 6.99. The first kappa shape index (κ1) is 8.19. The summed E-state index contributed by atoms with van der Waals surface area (Å²) in [6.07, 6.45) is 3.30. The summed E-state index contributed by atoms with van der Waals surface area (Å²) in [6.45, 7) is 0. The van der Waals surface area contributed by atoms with Crippen LogP contribution in [0, 0.1) is 0 Å². The minimum absolute atomic E-state index is 0.530. The summed E-state index contributed by atoms with van der Waals surface area (Å²) in [6, 6.07) is 1.71. The van der Waals surface area contributed by atoms with Gasteiger partial charge in [-0.1, -0.05) is 11.6 Å². The van der Waals surface area contributed by atoms with Crippen LogP contribution < -0.4 is 10.5 Å². The maximum atomic E-state index is 5.91. The van der Waals surface area contributed by atoms with Gasteiger partial charge in [0.05, 0.1) is 24.0 Å². The lowest BCUT2D eigenvalue weighted by Crippen LogP contribution is -1.93. The maximum absolute atomic E-state index is 5.91. The highest BCUT2D eigenvalue weighted by Crippen LogP contribution is 2.31. The molecule has 0 saturated carbocycles. The monoisotopic (exact) mass is 197 g/mol. The lowest BCUT2D eigenvalue weighted by Gasteiger charge is -2.04. The average molecular weight is 198 g/mol. The Morgan fingerprint density at radius 1 is 1.62 bits per heavy atom. The summed E-state index contributed by atoms with van der Waals surface area (Å²) >= 11 is 5.91. The highest BCUT2D eigenvalue weighted by Gasteiger charge is 2.10. The van der Waals surface area contributed by atoms with Crippen molar-refractivity contribution >= 4 is 22.8 Å². The minimum atomic E-state index is 0.530. The first-order valence-electron chi connectivity index (χ1n) is 3.69. The molecule has 5 heteroatoms. The first-order valence-corrected chi connectivity index (χ1v) is 4.07. The molecule has 68 valence electrons. The minimum Gasteiger partial charge on any atom is -0.493 e. The Kier molecular flexibility index (Phi) is 1.77. The average Bonchev–Trinajstić information content (AvgIpc) is 2.49. The molecule has 2 heterocycles. The third-order valence-electron chi connectivity index (χ3n) is 1.82. The second-order valence-corrected chi connectivity index (χ2v) is 3.00. The van der Waals surface area contributed by atoms with Crippen LogP contribution in [0.4, 0.5) is 5.69 Å². The van der Waals surface area contributed by atoms with Crippen molar-refractivity contribution in [2.24, 2.45) is 0 Å². The molecule has 0 amide bonds. The van der Waals surface area contributed by atoms with Crippen LogP contribution in [-0.4, -0.2) is 16.7 Å². The molecule has 0 atom stereocenters. The normalized spacial score (nSPS) is 10.6. The van der Waals surface area contributed by atoms with Gasteiger partial charge in [0.15, 0.2) is 5.75 Å². The van der Waals surface area contributed by atoms with Crippen LogP contribution in [0.1, 0.15) is 0 Å². The van der Waals surface area contributed by atoms with Crippen LogP contribution in [0.2, 0.25) is 5.02 Å². The van der Waals surface area contributed by atoms with Gasteiger partial charge in [-0.15, -0.1) is 0 Å². The largest absolute Gasteiger partial charge is 0.493 e. The number of halogens is 1. The van der Waals surface area contributed by atoms with Gasteiger partial charge >= 0.3 is 0 Å². The summed E-state index contributed by atoms with van der Waals surface area (Å²) < 4.78 is 6.75. The molecule has 0 saturated heterocycles. The van der Waals surface area contributed by atoms with Crippen molar-refractivity contribution in [3.8, 4) is 5.75 Å². The third kappa shape index (κ3) is 1.10. The van der Waals surface area contributed by atoms with Crippen molar-refractivity contribution in [3.63, 3.8) is 0 Å². The predicted octanol–water partition coefficient (Wildman–Crippen LogP) is 1.58. The quantitative estimate of drug-likeness (QED) is 0.755. The number of rotatable bonds is 1. The van der Waals surface area contributed by atoms with E-state index in [4.69, 9.17) is 22.1 Å². The molecule has 0 spiro atoms. The van der Waals surface area contributed by atoms with E-state index in [2.05, 4.69) is 5.10 Å². The number of anilines is 1. The summed E-state index contributed by atoms with van der Waals surface area (Å²) in [5.41, 5.74) is 6.96. The van der Waals surface area contributed by atoms with Crippen LogP contribution >= 0.6 is 11.6 Å². The smallest absolute Gasteiger partial charge is 0.165 e. The SMILES string of the molecule is COc1c(Cl)ccn2ncc(N)c12. The fraction of sp³-hybridized carbons (Fsp3) is 0.125. The number of pyridine rings is 1. The van der Waals surface area contributed by atoms with Gasteiger partial charge in [0.25, 0.3) is 0 Å². The molecule has 0 bridgehead atoms. The van der Waals surface area contributed by atoms with Crippen LogP contribution in [0.25, 0.3) is 5.52 Å². The zero-order chi connectivity index (χ0) is 9.42. The standard InChI is InChI=1S/C8H8ClN3O/c1-13-8-5(9)2-3-12-7(8)6(10)4-11-12/h2-4H,10H2,1H3. The molecule has 13 heavy (non-hydrogen) atoms. The Bertz CT molecular complexity index is 452. The third-order valence-corrected chi connectivity index (χ3v) is 2.12. The lowest BCUT2D eigenvalue weighted by atomic mass is 10.3. The topological polar surface area (TPSA) is 52.5 Å². The number of hydrogen-bond donors (Lipinski definition) is 1. The number of nitrogen functional groups attached to an aromatic ring is 1. The Balaban J connectivity index is 2.88. The number of methoxy groups -OCH3 is 1. The second-order valence-electron chi connectivity index (χ2n) is 2.59. The molecule has 0 radical (unpaired) electrons. The van der Waals surface area contributed by atoms with E-state index in [9.17, 15) is 0 Å². The number of aromatic nitrogens is 2. The Hall–Kier alpha value is -1.42. The van der Waals surface area contributed by atoms with Crippen LogP contribution in [0.5, 0.6) is 5.75 Å². The predicted molar refractivity (Wildman–Crippen MR) is 51.2 cm³/mol. The molecule has 0 aromatic carbocycles. The first-order chi connectivity index (χ1) is 6.24. The molecule has 0 aliphatic heterocycles. The molecule has 0 unspecified atom stereocenters. The van der Waals surface area contributed by atoms with Crippen LogP contribution in [0.15, 0.2) is 18.5 Å². The van der Waals surface area contributed by atoms with Gasteiger partial charge in [-0.3, -0.25) is 0 Å². The number of fused-ring (bicyclic) bond motifs is 1. The van der Waals surface area contributed by atoms with E-state index in [0.29, 0.717) is 22.0 Å². The van der Waals surface area contributed by atoms with Crippen LogP contribution in [0.3, 0.4) is 0 Å². The molecule has 2 rings (SSSR count). The number of ether oxygens (including phenoxy) is 1. The van der Waals surface area contributed by atoms with Crippen molar-refractivity contribution in [3.05, 3.63) is 23.5 Å². The molecule has 4 nitrogen and oxygen atoms in total. The summed E-state index contributed by atoms with van der Waals surface area (Å²) in [7, 11) is 1.55. The fourth-order valence-electron chi connectivity index (χ4n) is 1.24. The van der Waals surface area contributed by atoms with E-state index in [1.54, 1.807) is 30.1 Å². The van der Waals surface area contributed by atoms with Gasteiger partial charge in [0.2, 0.25) is 0 Å². The van der Waals surface area contributed by atoms with E-state index in [-0.39, 0.29) is 0 Å². The Morgan fingerprint density at radius 3 is 3.08 bits per heavy atom. The van der Waals surface area contributed by atoms with Gasteiger partial charge in [0.1, 0.15) is 5.52 Å². The number of hydrogen-bond acceptors (Lipinski definition) is 3. The highest BCUT2D eigenvalue weighted by atomic mass is 35.5. The van der Waals surface area contributed by atoms with E-state index < -0.39 is 0 Å². The summed E-state index contributed by atoms with van der Waals surface area (Å²) in [5.74, 6) is 0.555. The van der Waals surface area contributed by atoms with Gasteiger partial charge in [-0.2, -0.15) is 5.10 Å². The van der Waals surface area contributed by atoms with Gasteiger partial charge in [-0.25, -0.2) is 4.52 Å². The molecular formula is C8H8ClN3O. The Morgan fingerprint density at radius 2 is 2.38 bits per heavy atom. The fourth-order valence-corrected chi connectivity index (χ4v) is 1.47. The van der Waals surface area contributed by atoms with Gasteiger partial charge < -0.3 is 10.5 Å². The van der Waals surface area contributed by atoms with E-state index >= 15 is 0 Å². The summed E-state index contributed by atoms with van der Waals surface area (Å²) in [4.78, 5) is 0. The highest BCUT2D eigenvalue weighted by molar-refractivity contribution is 6.32. The molecule has 0 aliphatic rings. The summed E-state index contributed by atoms with van der Waals surface area (Å²) in [5, 5.41) is 4.55. The van der Waals surface area contributed by atoms with Crippen molar-refractivity contribution in [1.29, 1.82) is 0 Å². The molecule has 0 fully saturated rings. The lowest BCUT2D eigenvalue weighted by molar-refractivity contribution is 0.418. The molecule has 2 aromatic heterocycles. The van der Waals surface area contributed by atoms with E-state index in [0.717, 1.165) is 0 Å². The maximum Gasteiger partial charge on any atom is 0.165 e. The zero-order valence-corrected chi connectivity index (χ0v) is 7.75. The van der Waals surface area contributed by atoms with Gasteiger partial charge in [-0.05, 0) is 6.07 Å². The van der Waals surface area contributed by atoms with Crippen molar-refractivity contribution in [1.82, 2.24) is 9.61 Å². The second kappa shape index (κ2) is 2.81. The molecule has 2 N–H and O–H groups in total. The van der Waals surface area contributed by atoms with Gasteiger partial charge in [0, 0.05) is 6.20 Å². The molecule has 0 aliphatic carbocycles. The Labute approximate surface area is 79.9 Å².